The van der Waals surface area contributed by atoms with Crippen molar-refractivity contribution in [3.05, 3.63) is 48.5 Å². The predicted molar refractivity (Wildman–Crippen MR) is 114 cm³/mol. The molecule has 0 radical (unpaired) electrons. The second kappa shape index (κ2) is 12.4. The maximum absolute atomic E-state index is 12.4. The fraction of sp³-hybridized carbons (Fsp3) is 0.455. The highest BCUT2D eigenvalue weighted by Crippen LogP contribution is 2.45. The number of rotatable bonds is 14. The molecule has 2 aromatic carbocycles. The molecule has 0 aliphatic rings. The third kappa shape index (κ3) is 9.25. The molecule has 0 aliphatic heterocycles. The van der Waals surface area contributed by atoms with Crippen LogP contribution in [-0.4, -0.2) is 18.1 Å². The first-order valence-corrected chi connectivity index (χ1v) is 11.7. The van der Waals surface area contributed by atoms with Gasteiger partial charge in [-0.2, -0.15) is 0 Å². The SMILES string of the molecule is CCCCCOc1cccc(OP(=O)(O)Oc2cccc(OCCCCC)c2)c1. The van der Waals surface area contributed by atoms with Crippen LogP contribution in [0.1, 0.15) is 52.4 Å². The van der Waals surface area contributed by atoms with E-state index in [9.17, 15) is 9.46 Å². The molecule has 0 spiro atoms. The first-order chi connectivity index (χ1) is 14.0. The highest BCUT2D eigenvalue weighted by atomic mass is 31.2. The number of benzene rings is 2. The Bertz CT molecular complexity index is 718. The van der Waals surface area contributed by atoms with Gasteiger partial charge in [0.05, 0.1) is 13.2 Å². The van der Waals surface area contributed by atoms with Crippen LogP contribution in [0, 0.1) is 0 Å². The fourth-order valence-corrected chi connectivity index (χ4v) is 3.41. The summed E-state index contributed by atoms with van der Waals surface area (Å²) in [6.07, 6.45) is 6.33. The maximum atomic E-state index is 12.4. The molecule has 7 heteroatoms. The molecule has 160 valence electrons. The molecular weight excluding hydrogens is 391 g/mol. The molecule has 0 bridgehead atoms. The van der Waals surface area contributed by atoms with E-state index in [2.05, 4.69) is 13.8 Å². The van der Waals surface area contributed by atoms with Gasteiger partial charge in [0.1, 0.15) is 23.0 Å². The van der Waals surface area contributed by atoms with Crippen molar-refractivity contribution in [1.82, 2.24) is 0 Å². The van der Waals surface area contributed by atoms with Crippen LogP contribution in [0.3, 0.4) is 0 Å². The smallest absolute Gasteiger partial charge is 0.493 e. The second-order valence-corrected chi connectivity index (χ2v) is 8.01. The van der Waals surface area contributed by atoms with Crippen LogP contribution in [-0.2, 0) is 4.57 Å². The maximum Gasteiger partial charge on any atom is 0.584 e. The van der Waals surface area contributed by atoms with Crippen molar-refractivity contribution >= 4 is 7.82 Å². The third-order valence-corrected chi connectivity index (χ3v) is 4.97. The van der Waals surface area contributed by atoms with E-state index in [1.807, 2.05) is 0 Å². The Morgan fingerprint density at radius 1 is 0.724 bits per heavy atom. The van der Waals surface area contributed by atoms with E-state index in [1.165, 1.54) is 0 Å². The van der Waals surface area contributed by atoms with Crippen molar-refractivity contribution in [1.29, 1.82) is 0 Å². The topological polar surface area (TPSA) is 74.2 Å². The number of ether oxygens (including phenoxy) is 2. The van der Waals surface area contributed by atoms with E-state index in [0.717, 1.165) is 38.5 Å². The zero-order valence-electron chi connectivity index (χ0n) is 17.2. The normalized spacial score (nSPS) is 11.1. The molecule has 0 unspecified atom stereocenters. The molecule has 0 amide bonds. The molecule has 0 aliphatic carbocycles. The summed E-state index contributed by atoms with van der Waals surface area (Å²) in [5.41, 5.74) is 0. The number of hydrogen-bond acceptors (Lipinski definition) is 5. The van der Waals surface area contributed by atoms with E-state index in [4.69, 9.17) is 18.5 Å². The first kappa shape index (κ1) is 23.1. The van der Waals surface area contributed by atoms with Crippen molar-refractivity contribution in [2.75, 3.05) is 13.2 Å². The predicted octanol–water partition coefficient (Wildman–Crippen LogP) is 6.38. The first-order valence-electron chi connectivity index (χ1n) is 10.2. The summed E-state index contributed by atoms with van der Waals surface area (Å²) in [6.45, 7) is 5.44. The van der Waals surface area contributed by atoms with Gasteiger partial charge in [-0.05, 0) is 37.1 Å². The molecule has 0 heterocycles. The van der Waals surface area contributed by atoms with Gasteiger partial charge in [0.2, 0.25) is 0 Å². The van der Waals surface area contributed by atoms with Gasteiger partial charge in [-0.25, -0.2) is 4.57 Å². The number of phosphoric acid groups is 1. The highest BCUT2D eigenvalue weighted by molar-refractivity contribution is 7.48. The number of phosphoric ester groups is 1. The van der Waals surface area contributed by atoms with E-state index in [-0.39, 0.29) is 11.5 Å². The summed E-state index contributed by atoms with van der Waals surface area (Å²) in [4.78, 5) is 10.1. The van der Waals surface area contributed by atoms with Crippen LogP contribution in [0.2, 0.25) is 0 Å². The van der Waals surface area contributed by atoms with Gasteiger partial charge in [0, 0.05) is 12.1 Å². The lowest BCUT2D eigenvalue weighted by Gasteiger charge is -2.15. The molecular formula is C22H31O6P. The van der Waals surface area contributed by atoms with Gasteiger partial charge in [-0.3, -0.25) is 4.89 Å². The van der Waals surface area contributed by atoms with Gasteiger partial charge in [-0.1, -0.05) is 51.7 Å². The Labute approximate surface area is 173 Å². The van der Waals surface area contributed by atoms with Gasteiger partial charge < -0.3 is 18.5 Å². The molecule has 1 N–H and O–H groups in total. The Balaban J connectivity index is 1.92. The molecule has 2 aromatic rings. The van der Waals surface area contributed by atoms with E-state index >= 15 is 0 Å². The highest BCUT2D eigenvalue weighted by Gasteiger charge is 2.25. The minimum atomic E-state index is -4.36. The fourth-order valence-electron chi connectivity index (χ4n) is 2.61. The van der Waals surface area contributed by atoms with Crippen LogP contribution < -0.4 is 18.5 Å². The summed E-state index contributed by atoms with van der Waals surface area (Å²) in [5.74, 6) is 1.58. The lowest BCUT2D eigenvalue weighted by atomic mass is 10.3. The van der Waals surface area contributed by atoms with Crippen molar-refractivity contribution < 1.29 is 28.0 Å². The molecule has 0 aromatic heterocycles. The molecule has 2 rings (SSSR count). The molecule has 0 atom stereocenters. The van der Waals surface area contributed by atoms with Crippen LogP contribution in [0.25, 0.3) is 0 Å². The zero-order valence-corrected chi connectivity index (χ0v) is 18.1. The third-order valence-electron chi connectivity index (χ3n) is 4.09. The summed E-state index contributed by atoms with van der Waals surface area (Å²) in [6, 6.07) is 13.3. The summed E-state index contributed by atoms with van der Waals surface area (Å²) in [7, 11) is -4.36. The Morgan fingerprint density at radius 2 is 1.14 bits per heavy atom. The standard InChI is InChI=1S/C22H31O6P/c1-3-5-7-15-25-19-11-9-13-21(17-19)27-29(23,24)28-22-14-10-12-20(18-22)26-16-8-6-4-2/h9-14,17-18H,3-8,15-16H2,1-2H3,(H,23,24). The van der Waals surface area contributed by atoms with Crippen molar-refractivity contribution in [2.45, 2.75) is 52.4 Å². The quantitative estimate of drug-likeness (QED) is 0.281. The van der Waals surface area contributed by atoms with Crippen LogP contribution in [0.4, 0.5) is 0 Å². The minimum Gasteiger partial charge on any atom is -0.493 e. The molecule has 6 nitrogen and oxygen atoms in total. The number of unbranched alkanes of at least 4 members (excludes halogenated alkanes) is 4. The average Bonchev–Trinajstić information content (AvgIpc) is 2.68. The molecule has 0 saturated carbocycles. The van der Waals surface area contributed by atoms with Gasteiger partial charge >= 0.3 is 7.82 Å². The zero-order chi connectivity index (χ0) is 21.0. The summed E-state index contributed by atoms with van der Waals surface area (Å²) < 4.78 is 34.1. The molecule has 29 heavy (non-hydrogen) atoms. The van der Waals surface area contributed by atoms with E-state index < -0.39 is 7.82 Å². The van der Waals surface area contributed by atoms with Crippen molar-refractivity contribution in [3.63, 3.8) is 0 Å². The Hall–Kier alpha value is -2.17. The van der Waals surface area contributed by atoms with Gasteiger partial charge in [-0.15, -0.1) is 0 Å². The Kier molecular flexibility index (Phi) is 9.89. The van der Waals surface area contributed by atoms with Crippen LogP contribution >= 0.6 is 7.82 Å². The molecule has 0 saturated heterocycles. The average molecular weight is 422 g/mol. The van der Waals surface area contributed by atoms with Crippen molar-refractivity contribution in [3.8, 4) is 23.0 Å². The van der Waals surface area contributed by atoms with Crippen LogP contribution in [0.5, 0.6) is 23.0 Å². The summed E-state index contributed by atoms with van der Waals surface area (Å²) >= 11 is 0. The lowest BCUT2D eigenvalue weighted by molar-refractivity contribution is 0.285. The summed E-state index contributed by atoms with van der Waals surface area (Å²) in [5, 5.41) is 0. The minimum absolute atomic E-state index is 0.204. The monoisotopic (exact) mass is 422 g/mol. The van der Waals surface area contributed by atoms with E-state index in [1.54, 1.807) is 48.5 Å². The lowest BCUT2D eigenvalue weighted by Crippen LogP contribution is -2.01. The van der Waals surface area contributed by atoms with Gasteiger partial charge in [0.25, 0.3) is 0 Å². The number of hydrogen-bond donors (Lipinski definition) is 1. The largest absolute Gasteiger partial charge is 0.584 e. The van der Waals surface area contributed by atoms with E-state index in [0.29, 0.717) is 24.7 Å². The van der Waals surface area contributed by atoms with Crippen LogP contribution in [0.15, 0.2) is 48.5 Å². The second-order valence-electron chi connectivity index (χ2n) is 6.71. The van der Waals surface area contributed by atoms with Gasteiger partial charge in [0.15, 0.2) is 0 Å². The van der Waals surface area contributed by atoms with Crippen molar-refractivity contribution in [2.24, 2.45) is 0 Å². The molecule has 0 fully saturated rings. The Morgan fingerprint density at radius 3 is 1.55 bits per heavy atom.